The van der Waals surface area contributed by atoms with E-state index in [1.165, 1.54) is 23.5 Å². The lowest BCUT2D eigenvalue weighted by Gasteiger charge is -2.03. The molecule has 0 aliphatic carbocycles. The summed E-state index contributed by atoms with van der Waals surface area (Å²) in [5, 5.41) is 5.06. The Kier molecular flexibility index (Phi) is 2.74. The summed E-state index contributed by atoms with van der Waals surface area (Å²) in [5.74, 6) is -0.224. The third kappa shape index (κ3) is 2.29. The largest absolute Gasteiger partial charge is 0.379 e. The summed E-state index contributed by atoms with van der Waals surface area (Å²) in [6, 6.07) is 6.25. The lowest BCUT2D eigenvalue weighted by atomic mass is 10.3. The first-order chi connectivity index (χ1) is 6.84. The zero-order chi connectivity index (χ0) is 9.80. The Morgan fingerprint density at radius 1 is 1.36 bits per heavy atom. The van der Waals surface area contributed by atoms with Gasteiger partial charge in [0.2, 0.25) is 0 Å². The molecule has 0 spiro atoms. The van der Waals surface area contributed by atoms with Crippen molar-refractivity contribution in [3.63, 3.8) is 0 Å². The van der Waals surface area contributed by atoms with Gasteiger partial charge in [-0.1, -0.05) is 0 Å². The maximum Gasteiger partial charge on any atom is 0.152 e. The van der Waals surface area contributed by atoms with Crippen LogP contribution in [0.1, 0.15) is 5.69 Å². The standard InChI is InChI=1S/C10H8FN2S/c11-8-1-3-9(4-2-8)12-5-10-6-14-7-13-10/h1-4,6,12H,5H2. The van der Waals surface area contributed by atoms with Crippen molar-refractivity contribution in [3.8, 4) is 0 Å². The van der Waals surface area contributed by atoms with E-state index in [0.717, 1.165) is 11.4 Å². The number of nitrogens with zero attached hydrogens (tertiary/aromatic N) is 1. The van der Waals surface area contributed by atoms with Crippen molar-refractivity contribution in [2.45, 2.75) is 6.54 Å². The molecule has 2 rings (SSSR count). The molecule has 4 heteroatoms. The van der Waals surface area contributed by atoms with Gasteiger partial charge in [0.05, 0.1) is 12.2 Å². The highest BCUT2D eigenvalue weighted by Crippen LogP contribution is 2.10. The molecule has 0 bridgehead atoms. The molecular formula is C10H8FN2S. The molecule has 0 fully saturated rings. The van der Waals surface area contributed by atoms with Crippen molar-refractivity contribution in [3.05, 3.63) is 46.7 Å². The van der Waals surface area contributed by atoms with Gasteiger partial charge in [0.1, 0.15) is 5.82 Å². The topological polar surface area (TPSA) is 24.9 Å². The Labute approximate surface area is 85.4 Å². The molecular weight excluding hydrogens is 199 g/mol. The van der Waals surface area contributed by atoms with Crippen molar-refractivity contribution in [2.75, 3.05) is 5.32 Å². The lowest BCUT2D eigenvalue weighted by molar-refractivity contribution is 0.628. The van der Waals surface area contributed by atoms with Crippen LogP contribution in [0.2, 0.25) is 0 Å². The maximum absolute atomic E-state index is 12.6. The second kappa shape index (κ2) is 4.19. The minimum atomic E-state index is -0.224. The third-order valence-corrected chi connectivity index (χ3v) is 2.34. The first-order valence-electron chi connectivity index (χ1n) is 4.14. The summed E-state index contributed by atoms with van der Waals surface area (Å²) in [5.41, 5.74) is 4.60. The van der Waals surface area contributed by atoms with Crippen LogP contribution in [0.15, 0.2) is 29.6 Å². The molecule has 0 saturated carbocycles. The average molecular weight is 207 g/mol. The summed E-state index contributed by atoms with van der Waals surface area (Å²) in [6.45, 7) is 0.644. The zero-order valence-electron chi connectivity index (χ0n) is 7.33. The molecule has 1 heterocycles. The second-order valence-corrected chi connectivity index (χ2v) is 3.44. The number of hydrogen-bond donors (Lipinski definition) is 1. The van der Waals surface area contributed by atoms with E-state index in [9.17, 15) is 4.39 Å². The molecule has 0 atom stereocenters. The number of hydrogen-bond acceptors (Lipinski definition) is 3. The maximum atomic E-state index is 12.6. The molecule has 14 heavy (non-hydrogen) atoms. The Morgan fingerprint density at radius 2 is 2.14 bits per heavy atom. The van der Waals surface area contributed by atoms with Gasteiger partial charge in [0.15, 0.2) is 5.51 Å². The Morgan fingerprint density at radius 3 is 2.79 bits per heavy atom. The number of aromatic nitrogens is 1. The molecule has 0 aliphatic rings. The van der Waals surface area contributed by atoms with E-state index in [4.69, 9.17) is 0 Å². The van der Waals surface area contributed by atoms with E-state index in [0.29, 0.717) is 6.54 Å². The molecule has 2 nitrogen and oxygen atoms in total. The molecule has 2 aromatic rings. The van der Waals surface area contributed by atoms with Crippen LogP contribution in [0.5, 0.6) is 0 Å². The van der Waals surface area contributed by atoms with Crippen LogP contribution in [0.4, 0.5) is 10.1 Å². The first-order valence-corrected chi connectivity index (χ1v) is 5.02. The summed E-state index contributed by atoms with van der Waals surface area (Å²) >= 11 is 1.44. The predicted octanol–water partition coefficient (Wildman–Crippen LogP) is 2.69. The van der Waals surface area contributed by atoms with Crippen molar-refractivity contribution in [1.82, 2.24) is 4.98 Å². The molecule has 0 amide bonds. The minimum absolute atomic E-state index is 0.224. The van der Waals surface area contributed by atoms with Crippen LogP contribution in [0, 0.1) is 11.3 Å². The normalized spacial score (nSPS) is 10.1. The minimum Gasteiger partial charge on any atom is -0.379 e. The Hall–Kier alpha value is -1.42. The molecule has 0 aliphatic heterocycles. The SMILES string of the molecule is Fc1ccc(NCc2cs[c]n2)cc1. The summed E-state index contributed by atoms with van der Waals surface area (Å²) in [6.07, 6.45) is 0. The number of rotatable bonds is 3. The highest BCUT2D eigenvalue weighted by Gasteiger charge is 1.95. The summed E-state index contributed by atoms with van der Waals surface area (Å²) < 4.78 is 12.6. The van der Waals surface area contributed by atoms with Crippen LogP contribution in [-0.2, 0) is 6.54 Å². The average Bonchev–Trinajstić information content (AvgIpc) is 2.70. The van der Waals surface area contributed by atoms with Gasteiger partial charge < -0.3 is 5.32 Å². The van der Waals surface area contributed by atoms with E-state index >= 15 is 0 Å². The van der Waals surface area contributed by atoms with E-state index in [1.54, 1.807) is 12.1 Å². The van der Waals surface area contributed by atoms with Gasteiger partial charge in [-0.15, -0.1) is 11.3 Å². The molecule has 1 aromatic carbocycles. The molecule has 0 unspecified atom stereocenters. The van der Waals surface area contributed by atoms with Gasteiger partial charge in [-0.3, -0.25) is 0 Å². The van der Waals surface area contributed by atoms with E-state index in [1.807, 2.05) is 5.38 Å². The molecule has 1 radical (unpaired) electrons. The van der Waals surface area contributed by atoms with Crippen molar-refractivity contribution in [2.24, 2.45) is 0 Å². The lowest BCUT2D eigenvalue weighted by Crippen LogP contribution is -1.99. The van der Waals surface area contributed by atoms with Crippen LogP contribution < -0.4 is 5.32 Å². The fraction of sp³-hybridized carbons (Fsp3) is 0.100. The predicted molar refractivity (Wildman–Crippen MR) is 54.7 cm³/mol. The van der Waals surface area contributed by atoms with Gasteiger partial charge >= 0.3 is 0 Å². The van der Waals surface area contributed by atoms with Gasteiger partial charge in [-0.05, 0) is 24.3 Å². The van der Waals surface area contributed by atoms with Crippen molar-refractivity contribution < 1.29 is 4.39 Å². The van der Waals surface area contributed by atoms with Gasteiger partial charge in [-0.25, -0.2) is 9.37 Å². The van der Waals surface area contributed by atoms with E-state index < -0.39 is 0 Å². The number of halogens is 1. The highest BCUT2D eigenvalue weighted by molar-refractivity contribution is 7.07. The Bertz CT molecular complexity index is 383. The van der Waals surface area contributed by atoms with Gasteiger partial charge in [-0.2, -0.15) is 0 Å². The van der Waals surface area contributed by atoms with Gasteiger partial charge in [0, 0.05) is 11.1 Å². The number of anilines is 1. The number of thiazole rings is 1. The van der Waals surface area contributed by atoms with Gasteiger partial charge in [0.25, 0.3) is 0 Å². The fourth-order valence-corrected chi connectivity index (χ4v) is 1.54. The number of benzene rings is 1. The zero-order valence-corrected chi connectivity index (χ0v) is 8.14. The van der Waals surface area contributed by atoms with Crippen LogP contribution in [0.3, 0.4) is 0 Å². The first kappa shape index (κ1) is 9.15. The van der Waals surface area contributed by atoms with Crippen LogP contribution in [-0.4, -0.2) is 4.98 Å². The number of nitrogens with one attached hydrogen (secondary N) is 1. The van der Waals surface area contributed by atoms with Crippen molar-refractivity contribution >= 4 is 17.0 Å². The van der Waals surface area contributed by atoms with Crippen LogP contribution >= 0.6 is 11.3 Å². The highest BCUT2D eigenvalue weighted by atomic mass is 32.1. The van der Waals surface area contributed by atoms with Crippen molar-refractivity contribution in [1.29, 1.82) is 0 Å². The Balaban J connectivity index is 1.95. The smallest absolute Gasteiger partial charge is 0.152 e. The molecule has 0 saturated heterocycles. The monoisotopic (exact) mass is 207 g/mol. The van der Waals surface area contributed by atoms with Crippen LogP contribution in [0.25, 0.3) is 0 Å². The summed E-state index contributed by atoms with van der Waals surface area (Å²) in [4.78, 5) is 4.01. The molecule has 1 N–H and O–H groups in total. The molecule has 1 aromatic heterocycles. The molecule has 71 valence electrons. The quantitative estimate of drug-likeness (QED) is 0.837. The van der Waals surface area contributed by atoms with E-state index in [-0.39, 0.29) is 5.82 Å². The third-order valence-electron chi connectivity index (χ3n) is 1.75. The van der Waals surface area contributed by atoms with E-state index in [2.05, 4.69) is 15.8 Å². The second-order valence-electron chi connectivity index (χ2n) is 2.79. The summed E-state index contributed by atoms with van der Waals surface area (Å²) in [7, 11) is 0. The fourth-order valence-electron chi connectivity index (χ4n) is 1.05.